The van der Waals surface area contributed by atoms with Crippen molar-refractivity contribution in [1.82, 2.24) is 4.90 Å². The molecule has 3 rings (SSSR count). The second kappa shape index (κ2) is 8.65. The Labute approximate surface area is 166 Å². The van der Waals surface area contributed by atoms with Crippen LogP contribution in [0.1, 0.15) is 40.7 Å². The number of aliphatic hydroxyl groups is 1. The lowest BCUT2D eigenvalue weighted by Crippen LogP contribution is -2.38. The van der Waals surface area contributed by atoms with Crippen LogP contribution in [0.4, 0.5) is 0 Å². The number of benzene rings is 2. The lowest BCUT2D eigenvalue weighted by atomic mass is 9.96. The highest BCUT2D eigenvalue weighted by Crippen LogP contribution is 2.26. The molecule has 1 atom stereocenters. The summed E-state index contributed by atoms with van der Waals surface area (Å²) in [5, 5.41) is 11.0. The molecule has 0 saturated carbocycles. The number of hydrogen-bond donors (Lipinski definition) is 1. The molecule has 0 aliphatic carbocycles. The first-order chi connectivity index (χ1) is 13.4. The van der Waals surface area contributed by atoms with Crippen LogP contribution in [0.5, 0.6) is 11.5 Å². The second-order valence-electron chi connectivity index (χ2n) is 7.64. The van der Waals surface area contributed by atoms with Crippen molar-refractivity contribution in [3.8, 4) is 11.5 Å². The van der Waals surface area contributed by atoms with E-state index in [0.717, 1.165) is 12.2 Å². The molecule has 0 bridgehead atoms. The van der Waals surface area contributed by atoms with Gasteiger partial charge in [0.25, 0.3) is 5.91 Å². The molecular weight excluding hydrogens is 354 g/mol. The first-order valence-corrected chi connectivity index (χ1v) is 9.76. The molecule has 1 unspecified atom stereocenters. The SMILES string of the molecule is COc1cccc(C(=O)N2CCCC(O)(COc3ccc(C)c(C)c3)CC2)c1. The van der Waals surface area contributed by atoms with Crippen LogP contribution in [0.25, 0.3) is 0 Å². The fourth-order valence-electron chi connectivity index (χ4n) is 3.49. The summed E-state index contributed by atoms with van der Waals surface area (Å²) in [6.07, 6.45) is 1.84. The Kier molecular flexibility index (Phi) is 6.25. The molecule has 1 N–H and O–H groups in total. The minimum atomic E-state index is -0.928. The zero-order chi connectivity index (χ0) is 20.1. The van der Waals surface area contributed by atoms with Gasteiger partial charge in [0, 0.05) is 18.7 Å². The highest BCUT2D eigenvalue weighted by Gasteiger charge is 2.32. The van der Waals surface area contributed by atoms with Crippen molar-refractivity contribution in [1.29, 1.82) is 0 Å². The lowest BCUT2D eigenvalue weighted by Gasteiger charge is -2.27. The lowest BCUT2D eigenvalue weighted by molar-refractivity contribution is -0.0163. The molecule has 1 aliphatic rings. The third-order valence-corrected chi connectivity index (χ3v) is 5.51. The van der Waals surface area contributed by atoms with Crippen LogP contribution < -0.4 is 9.47 Å². The Morgan fingerprint density at radius 2 is 1.89 bits per heavy atom. The van der Waals surface area contributed by atoms with E-state index >= 15 is 0 Å². The van der Waals surface area contributed by atoms with E-state index in [2.05, 4.69) is 6.92 Å². The number of rotatable bonds is 5. The maximum Gasteiger partial charge on any atom is 0.253 e. The standard InChI is InChI=1S/C23H29NO4/c1-17-8-9-21(14-18(17)2)28-16-23(26)10-5-12-24(13-11-23)22(25)19-6-4-7-20(15-19)27-3/h4,6-9,14-15,26H,5,10-13,16H2,1-3H3. The summed E-state index contributed by atoms with van der Waals surface area (Å²) in [6.45, 7) is 5.47. The van der Waals surface area contributed by atoms with Crippen molar-refractivity contribution in [3.63, 3.8) is 0 Å². The molecule has 1 saturated heterocycles. The number of methoxy groups -OCH3 is 1. The molecule has 150 valence electrons. The Morgan fingerprint density at radius 3 is 2.64 bits per heavy atom. The van der Waals surface area contributed by atoms with Gasteiger partial charge in [-0.05, 0) is 74.6 Å². The van der Waals surface area contributed by atoms with Crippen molar-refractivity contribution < 1.29 is 19.4 Å². The number of ether oxygens (including phenoxy) is 2. The minimum Gasteiger partial charge on any atom is -0.497 e. The zero-order valence-electron chi connectivity index (χ0n) is 16.9. The quantitative estimate of drug-likeness (QED) is 0.854. The maximum absolute atomic E-state index is 12.8. The number of carbonyl (C=O) groups is 1. The van der Waals surface area contributed by atoms with Crippen LogP contribution in [-0.4, -0.2) is 48.3 Å². The van der Waals surface area contributed by atoms with E-state index in [0.29, 0.717) is 37.2 Å². The van der Waals surface area contributed by atoms with Gasteiger partial charge in [-0.3, -0.25) is 4.79 Å². The maximum atomic E-state index is 12.8. The van der Waals surface area contributed by atoms with Gasteiger partial charge in [0.05, 0.1) is 7.11 Å². The van der Waals surface area contributed by atoms with E-state index < -0.39 is 5.60 Å². The van der Waals surface area contributed by atoms with Crippen molar-refractivity contribution >= 4 is 5.91 Å². The number of aryl methyl sites for hydroxylation is 2. The van der Waals surface area contributed by atoms with E-state index in [9.17, 15) is 9.90 Å². The predicted molar refractivity (Wildman–Crippen MR) is 109 cm³/mol. The minimum absolute atomic E-state index is 0.0294. The van der Waals surface area contributed by atoms with Crippen molar-refractivity contribution in [2.45, 2.75) is 38.7 Å². The number of likely N-dealkylation sites (tertiary alicyclic amines) is 1. The van der Waals surface area contributed by atoms with Crippen LogP contribution in [0.2, 0.25) is 0 Å². The molecule has 0 aromatic heterocycles. The summed E-state index contributed by atoms with van der Waals surface area (Å²) < 4.78 is 11.1. The fraction of sp³-hybridized carbons (Fsp3) is 0.435. The number of amides is 1. The third kappa shape index (κ3) is 4.84. The van der Waals surface area contributed by atoms with Gasteiger partial charge in [0.1, 0.15) is 23.7 Å². The summed E-state index contributed by atoms with van der Waals surface area (Å²) in [7, 11) is 1.59. The smallest absolute Gasteiger partial charge is 0.253 e. The molecule has 28 heavy (non-hydrogen) atoms. The van der Waals surface area contributed by atoms with Crippen LogP contribution in [0, 0.1) is 13.8 Å². The van der Waals surface area contributed by atoms with Crippen LogP contribution in [0.3, 0.4) is 0 Å². The molecule has 0 radical (unpaired) electrons. The predicted octanol–water partition coefficient (Wildman–Crippen LogP) is 3.75. The monoisotopic (exact) mass is 383 g/mol. The Bertz CT molecular complexity index is 835. The number of nitrogens with zero attached hydrogens (tertiary/aromatic N) is 1. The Morgan fingerprint density at radius 1 is 1.07 bits per heavy atom. The van der Waals surface area contributed by atoms with Gasteiger partial charge >= 0.3 is 0 Å². The van der Waals surface area contributed by atoms with Crippen molar-refractivity contribution in [3.05, 3.63) is 59.2 Å². The first kappa shape index (κ1) is 20.2. The summed E-state index contributed by atoms with van der Waals surface area (Å²) in [5.74, 6) is 1.40. The first-order valence-electron chi connectivity index (χ1n) is 9.76. The summed E-state index contributed by atoms with van der Waals surface area (Å²) >= 11 is 0. The van der Waals surface area contributed by atoms with E-state index in [1.54, 1.807) is 19.2 Å². The molecule has 2 aromatic carbocycles. The molecular formula is C23H29NO4. The number of carbonyl (C=O) groups excluding carboxylic acids is 1. The van der Waals surface area contributed by atoms with E-state index in [1.807, 2.05) is 42.2 Å². The molecule has 1 fully saturated rings. The summed E-state index contributed by atoms with van der Waals surface area (Å²) in [4.78, 5) is 14.6. The molecule has 2 aromatic rings. The van der Waals surface area contributed by atoms with Gasteiger partial charge in [0.2, 0.25) is 0 Å². The normalized spacial score (nSPS) is 19.8. The summed E-state index contributed by atoms with van der Waals surface area (Å²) in [5.41, 5.74) is 2.06. The topological polar surface area (TPSA) is 59.0 Å². The van der Waals surface area contributed by atoms with Crippen molar-refractivity contribution in [2.24, 2.45) is 0 Å². The van der Waals surface area contributed by atoms with Gasteiger partial charge in [-0.15, -0.1) is 0 Å². The van der Waals surface area contributed by atoms with Crippen LogP contribution >= 0.6 is 0 Å². The van der Waals surface area contributed by atoms with Gasteiger partial charge in [0.15, 0.2) is 0 Å². The Hall–Kier alpha value is -2.53. The van der Waals surface area contributed by atoms with Gasteiger partial charge in [-0.1, -0.05) is 12.1 Å². The molecule has 1 heterocycles. The largest absolute Gasteiger partial charge is 0.497 e. The van der Waals surface area contributed by atoms with Crippen LogP contribution in [0.15, 0.2) is 42.5 Å². The highest BCUT2D eigenvalue weighted by molar-refractivity contribution is 5.94. The molecule has 1 aliphatic heterocycles. The fourth-order valence-corrected chi connectivity index (χ4v) is 3.49. The van der Waals surface area contributed by atoms with E-state index in [4.69, 9.17) is 9.47 Å². The van der Waals surface area contributed by atoms with Gasteiger partial charge in [-0.2, -0.15) is 0 Å². The molecule has 0 spiro atoms. The number of hydrogen-bond acceptors (Lipinski definition) is 4. The molecule has 5 nitrogen and oxygen atoms in total. The Balaban J connectivity index is 1.61. The summed E-state index contributed by atoms with van der Waals surface area (Å²) in [6, 6.07) is 13.1. The third-order valence-electron chi connectivity index (χ3n) is 5.51. The van der Waals surface area contributed by atoms with E-state index in [-0.39, 0.29) is 12.5 Å². The average Bonchev–Trinajstić information content (AvgIpc) is 2.90. The van der Waals surface area contributed by atoms with Crippen LogP contribution in [-0.2, 0) is 0 Å². The van der Waals surface area contributed by atoms with Gasteiger partial charge in [-0.25, -0.2) is 0 Å². The average molecular weight is 383 g/mol. The van der Waals surface area contributed by atoms with Gasteiger partial charge < -0.3 is 19.5 Å². The van der Waals surface area contributed by atoms with E-state index in [1.165, 1.54) is 11.1 Å². The molecule has 1 amide bonds. The molecule has 5 heteroatoms. The van der Waals surface area contributed by atoms with Crippen molar-refractivity contribution in [2.75, 3.05) is 26.8 Å². The zero-order valence-corrected chi connectivity index (χ0v) is 16.9. The highest BCUT2D eigenvalue weighted by atomic mass is 16.5. The second-order valence-corrected chi connectivity index (χ2v) is 7.64.